The van der Waals surface area contributed by atoms with Gasteiger partial charge in [-0.1, -0.05) is 15.9 Å². The van der Waals surface area contributed by atoms with Crippen molar-refractivity contribution in [2.24, 2.45) is 5.73 Å². The summed E-state index contributed by atoms with van der Waals surface area (Å²) in [4.78, 5) is 2.35. The van der Waals surface area contributed by atoms with Crippen molar-refractivity contribution in [2.45, 2.75) is 18.8 Å². The lowest BCUT2D eigenvalue weighted by atomic mass is 9.89. The Kier molecular flexibility index (Phi) is 4.54. The molecular formula is C13H18BrFN2. The Morgan fingerprint density at radius 2 is 2.06 bits per heavy atom. The summed E-state index contributed by atoms with van der Waals surface area (Å²) in [6, 6.07) is 5.21. The molecule has 1 saturated heterocycles. The van der Waals surface area contributed by atoms with E-state index in [1.54, 1.807) is 12.1 Å². The summed E-state index contributed by atoms with van der Waals surface area (Å²) in [6.45, 7) is 3.70. The molecule has 1 aromatic carbocycles. The van der Waals surface area contributed by atoms with Gasteiger partial charge in [0.05, 0.1) is 0 Å². The highest BCUT2D eigenvalue weighted by molar-refractivity contribution is 9.10. The molecule has 17 heavy (non-hydrogen) atoms. The summed E-state index contributed by atoms with van der Waals surface area (Å²) in [5, 5.41) is 0. The van der Waals surface area contributed by atoms with Crippen LogP contribution in [0.5, 0.6) is 0 Å². The molecule has 0 saturated carbocycles. The molecule has 0 spiro atoms. The van der Waals surface area contributed by atoms with E-state index >= 15 is 0 Å². The van der Waals surface area contributed by atoms with Gasteiger partial charge in [0.25, 0.3) is 0 Å². The van der Waals surface area contributed by atoms with Crippen LogP contribution in [0.3, 0.4) is 0 Å². The minimum absolute atomic E-state index is 0.0783. The van der Waals surface area contributed by atoms with Gasteiger partial charge in [0.15, 0.2) is 0 Å². The van der Waals surface area contributed by atoms with Crippen molar-refractivity contribution in [3.05, 3.63) is 34.1 Å². The van der Waals surface area contributed by atoms with Crippen LogP contribution in [0, 0.1) is 5.82 Å². The Balaban J connectivity index is 2.02. The number of piperidine rings is 1. The predicted molar refractivity (Wildman–Crippen MR) is 71.6 cm³/mol. The first kappa shape index (κ1) is 13.0. The summed E-state index contributed by atoms with van der Waals surface area (Å²) < 4.78 is 14.7. The van der Waals surface area contributed by atoms with Crippen molar-refractivity contribution in [3.8, 4) is 0 Å². The van der Waals surface area contributed by atoms with E-state index < -0.39 is 0 Å². The maximum Gasteiger partial charge on any atom is 0.126 e. The van der Waals surface area contributed by atoms with Crippen LogP contribution in [-0.2, 0) is 0 Å². The van der Waals surface area contributed by atoms with E-state index in [-0.39, 0.29) is 5.82 Å². The van der Waals surface area contributed by atoms with Crippen molar-refractivity contribution in [3.63, 3.8) is 0 Å². The van der Waals surface area contributed by atoms with Gasteiger partial charge in [-0.2, -0.15) is 0 Å². The maximum absolute atomic E-state index is 13.7. The summed E-state index contributed by atoms with van der Waals surface area (Å²) in [5.41, 5.74) is 6.39. The Bertz CT molecular complexity index is 376. The van der Waals surface area contributed by atoms with Crippen LogP contribution in [0.15, 0.2) is 22.7 Å². The fourth-order valence-corrected chi connectivity index (χ4v) is 2.86. The molecule has 1 aromatic rings. The van der Waals surface area contributed by atoms with Crippen LogP contribution in [0.1, 0.15) is 24.3 Å². The molecule has 0 amide bonds. The fourth-order valence-electron chi connectivity index (χ4n) is 2.48. The van der Waals surface area contributed by atoms with Gasteiger partial charge in [-0.15, -0.1) is 0 Å². The second kappa shape index (κ2) is 5.94. The van der Waals surface area contributed by atoms with Crippen molar-refractivity contribution in [1.29, 1.82) is 0 Å². The van der Waals surface area contributed by atoms with Gasteiger partial charge in [-0.25, -0.2) is 4.39 Å². The molecule has 0 aromatic heterocycles. The third-order valence-corrected chi connectivity index (χ3v) is 3.92. The Labute approximate surface area is 110 Å². The second-order valence-electron chi connectivity index (χ2n) is 4.57. The fraction of sp³-hybridized carbons (Fsp3) is 0.538. The van der Waals surface area contributed by atoms with Crippen LogP contribution in [-0.4, -0.2) is 31.1 Å². The molecule has 0 aliphatic carbocycles. The van der Waals surface area contributed by atoms with Crippen LogP contribution >= 0.6 is 15.9 Å². The summed E-state index contributed by atoms with van der Waals surface area (Å²) >= 11 is 3.41. The molecule has 4 heteroatoms. The number of nitrogens with zero attached hydrogens (tertiary/aromatic N) is 1. The smallest absolute Gasteiger partial charge is 0.126 e. The lowest BCUT2D eigenvalue weighted by Gasteiger charge is -2.32. The standard InChI is InChI=1S/C13H18BrFN2/c14-11-1-2-13(15)12(9-11)10-3-6-17(7-4-10)8-5-16/h1-2,9-10H,3-8,16H2. The van der Waals surface area contributed by atoms with Gasteiger partial charge in [0.2, 0.25) is 0 Å². The van der Waals surface area contributed by atoms with Gasteiger partial charge in [0.1, 0.15) is 5.82 Å². The maximum atomic E-state index is 13.7. The quantitative estimate of drug-likeness (QED) is 0.930. The summed E-state index contributed by atoms with van der Waals surface area (Å²) in [7, 11) is 0. The van der Waals surface area contributed by atoms with Gasteiger partial charge < -0.3 is 10.6 Å². The van der Waals surface area contributed by atoms with E-state index in [2.05, 4.69) is 20.8 Å². The zero-order valence-corrected chi connectivity index (χ0v) is 11.4. The highest BCUT2D eigenvalue weighted by atomic mass is 79.9. The van der Waals surface area contributed by atoms with E-state index in [0.717, 1.165) is 42.5 Å². The Morgan fingerprint density at radius 3 is 2.71 bits per heavy atom. The minimum atomic E-state index is -0.0783. The average Bonchev–Trinajstić information content (AvgIpc) is 2.34. The first-order valence-corrected chi connectivity index (χ1v) is 6.87. The Hall–Kier alpha value is -0.450. The third kappa shape index (κ3) is 3.27. The predicted octanol–water partition coefficient (Wildman–Crippen LogP) is 2.73. The number of hydrogen-bond acceptors (Lipinski definition) is 2. The number of hydrogen-bond donors (Lipinski definition) is 1. The van der Waals surface area contributed by atoms with E-state index in [9.17, 15) is 4.39 Å². The molecule has 1 fully saturated rings. The molecule has 0 radical (unpaired) electrons. The average molecular weight is 301 g/mol. The number of halogens is 2. The lowest BCUT2D eigenvalue weighted by molar-refractivity contribution is 0.216. The normalized spacial score (nSPS) is 18.5. The number of nitrogens with two attached hydrogens (primary N) is 1. The molecule has 2 nitrogen and oxygen atoms in total. The molecule has 1 aliphatic heterocycles. The van der Waals surface area contributed by atoms with Crippen LogP contribution in [0.2, 0.25) is 0 Å². The second-order valence-corrected chi connectivity index (χ2v) is 5.49. The monoisotopic (exact) mass is 300 g/mol. The first-order chi connectivity index (χ1) is 8.20. The molecule has 1 heterocycles. The molecule has 1 aliphatic rings. The zero-order chi connectivity index (χ0) is 12.3. The molecule has 2 rings (SSSR count). The summed E-state index contributed by atoms with van der Waals surface area (Å²) in [6.07, 6.45) is 2.04. The first-order valence-electron chi connectivity index (χ1n) is 6.08. The van der Waals surface area contributed by atoms with Gasteiger partial charge in [0, 0.05) is 17.6 Å². The van der Waals surface area contributed by atoms with Crippen LogP contribution < -0.4 is 5.73 Å². The number of likely N-dealkylation sites (tertiary alicyclic amines) is 1. The number of rotatable bonds is 3. The molecule has 94 valence electrons. The summed E-state index contributed by atoms with van der Waals surface area (Å²) in [5.74, 6) is 0.270. The highest BCUT2D eigenvalue weighted by Gasteiger charge is 2.22. The third-order valence-electron chi connectivity index (χ3n) is 3.43. The minimum Gasteiger partial charge on any atom is -0.329 e. The SMILES string of the molecule is NCCN1CCC(c2cc(Br)ccc2F)CC1. The largest absolute Gasteiger partial charge is 0.329 e. The molecule has 2 N–H and O–H groups in total. The molecule has 0 atom stereocenters. The van der Waals surface area contributed by atoms with Gasteiger partial charge >= 0.3 is 0 Å². The van der Waals surface area contributed by atoms with Crippen molar-refractivity contribution in [1.82, 2.24) is 4.90 Å². The van der Waals surface area contributed by atoms with E-state index in [0.29, 0.717) is 12.5 Å². The van der Waals surface area contributed by atoms with Gasteiger partial charge in [-0.05, 0) is 55.6 Å². The van der Waals surface area contributed by atoms with Crippen LogP contribution in [0.25, 0.3) is 0 Å². The zero-order valence-electron chi connectivity index (χ0n) is 9.83. The lowest BCUT2D eigenvalue weighted by Crippen LogP contribution is -2.36. The van der Waals surface area contributed by atoms with Gasteiger partial charge in [-0.3, -0.25) is 0 Å². The van der Waals surface area contributed by atoms with E-state index in [4.69, 9.17) is 5.73 Å². The molecule has 0 bridgehead atoms. The topological polar surface area (TPSA) is 29.3 Å². The molecular weight excluding hydrogens is 283 g/mol. The van der Waals surface area contributed by atoms with E-state index in [1.807, 2.05) is 6.07 Å². The Morgan fingerprint density at radius 1 is 1.35 bits per heavy atom. The van der Waals surface area contributed by atoms with Crippen LogP contribution in [0.4, 0.5) is 4.39 Å². The van der Waals surface area contributed by atoms with Crippen molar-refractivity contribution < 1.29 is 4.39 Å². The number of benzene rings is 1. The van der Waals surface area contributed by atoms with E-state index in [1.165, 1.54) is 0 Å². The highest BCUT2D eigenvalue weighted by Crippen LogP contribution is 2.31. The van der Waals surface area contributed by atoms with Crippen molar-refractivity contribution >= 4 is 15.9 Å². The molecule has 0 unspecified atom stereocenters. The van der Waals surface area contributed by atoms with Crippen molar-refractivity contribution in [2.75, 3.05) is 26.2 Å².